The molecule has 1 saturated heterocycles. The van der Waals surface area contributed by atoms with E-state index >= 15 is 0 Å². The second-order valence-electron chi connectivity index (χ2n) is 4.78. The first kappa shape index (κ1) is 14.4. The highest BCUT2D eigenvalue weighted by molar-refractivity contribution is 5.75. The fraction of sp³-hybridized carbons (Fsp3) is 0.500. The number of hydrogen-bond acceptors (Lipinski definition) is 4. The molecular formula is C12H14F3N3O2. The van der Waals surface area contributed by atoms with Gasteiger partial charge in [0.2, 0.25) is 0 Å². The van der Waals surface area contributed by atoms with E-state index in [1.807, 2.05) is 0 Å². The molecule has 1 aliphatic rings. The Labute approximate surface area is 113 Å². The van der Waals surface area contributed by atoms with Crippen molar-refractivity contribution in [1.29, 1.82) is 0 Å². The van der Waals surface area contributed by atoms with Gasteiger partial charge in [-0.15, -0.1) is 0 Å². The number of nitrogen functional groups attached to an aromatic ring is 1. The Bertz CT molecular complexity index is 511. The number of nitro benzene ring substituents is 1. The molecule has 20 heavy (non-hydrogen) atoms. The molecule has 1 fully saturated rings. The predicted molar refractivity (Wildman–Crippen MR) is 68.5 cm³/mol. The molecule has 0 aliphatic carbocycles. The molecule has 0 spiro atoms. The van der Waals surface area contributed by atoms with Gasteiger partial charge in [-0.2, -0.15) is 13.2 Å². The molecule has 0 atom stereocenters. The van der Waals surface area contributed by atoms with E-state index < -0.39 is 17.0 Å². The third kappa shape index (κ3) is 2.78. The number of alkyl halides is 3. The highest BCUT2D eigenvalue weighted by atomic mass is 19.4. The van der Waals surface area contributed by atoms with Crippen LogP contribution in [0.3, 0.4) is 0 Å². The average Bonchev–Trinajstić information content (AvgIpc) is 2.37. The molecule has 0 saturated carbocycles. The van der Waals surface area contributed by atoms with Crippen LogP contribution in [-0.2, 0) is 0 Å². The van der Waals surface area contributed by atoms with Crippen LogP contribution in [0, 0.1) is 16.0 Å². The third-order valence-electron chi connectivity index (χ3n) is 3.53. The van der Waals surface area contributed by atoms with Crippen LogP contribution < -0.4 is 10.6 Å². The van der Waals surface area contributed by atoms with Crippen LogP contribution in [0.25, 0.3) is 0 Å². The summed E-state index contributed by atoms with van der Waals surface area (Å²) in [6.07, 6.45) is -4.32. The Balaban J connectivity index is 2.19. The Morgan fingerprint density at radius 1 is 1.30 bits per heavy atom. The minimum atomic E-state index is -4.20. The smallest absolute Gasteiger partial charge is 0.391 e. The molecule has 1 aliphatic heterocycles. The summed E-state index contributed by atoms with van der Waals surface area (Å²) in [4.78, 5) is 12.0. The van der Waals surface area contributed by atoms with E-state index in [4.69, 9.17) is 5.73 Å². The number of rotatable bonds is 2. The van der Waals surface area contributed by atoms with Gasteiger partial charge in [-0.25, -0.2) is 0 Å². The maximum atomic E-state index is 12.6. The van der Waals surface area contributed by atoms with E-state index in [2.05, 4.69) is 0 Å². The van der Waals surface area contributed by atoms with Crippen molar-refractivity contribution < 1.29 is 18.1 Å². The molecule has 0 bridgehead atoms. The Morgan fingerprint density at radius 2 is 1.90 bits per heavy atom. The van der Waals surface area contributed by atoms with E-state index in [0.717, 1.165) is 0 Å². The molecule has 1 aromatic rings. The first-order valence-electron chi connectivity index (χ1n) is 6.15. The summed E-state index contributed by atoms with van der Waals surface area (Å²) in [5.74, 6) is -1.33. The molecule has 5 nitrogen and oxygen atoms in total. The molecule has 0 radical (unpaired) electrons. The van der Waals surface area contributed by atoms with Crippen molar-refractivity contribution in [2.75, 3.05) is 23.7 Å². The second kappa shape index (κ2) is 5.18. The molecule has 2 N–H and O–H groups in total. The number of anilines is 2. The van der Waals surface area contributed by atoms with Crippen molar-refractivity contribution in [3.63, 3.8) is 0 Å². The lowest BCUT2D eigenvalue weighted by molar-refractivity contribution is -0.383. The number of piperidine rings is 1. The van der Waals surface area contributed by atoms with Crippen LogP contribution in [0.5, 0.6) is 0 Å². The van der Waals surface area contributed by atoms with Gasteiger partial charge in [-0.05, 0) is 25.0 Å². The Kier molecular flexibility index (Phi) is 3.74. The molecule has 0 aromatic heterocycles. The van der Waals surface area contributed by atoms with Crippen molar-refractivity contribution in [2.24, 2.45) is 5.92 Å². The Morgan fingerprint density at radius 3 is 2.40 bits per heavy atom. The number of nitrogens with two attached hydrogens (primary N) is 1. The normalized spacial score (nSPS) is 17.2. The van der Waals surface area contributed by atoms with E-state index in [-0.39, 0.29) is 43.0 Å². The van der Waals surface area contributed by atoms with Gasteiger partial charge in [-0.3, -0.25) is 10.1 Å². The van der Waals surface area contributed by atoms with Crippen LogP contribution in [-0.4, -0.2) is 24.2 Å². The highest BCUT2D eigenvalue weighted by Crippen LogP contribution is 2.39. The predicted octanol–water partition coefficient (Wildman–Crippen LogP) is 2.96. The lowest BCUT2D eigenvalue weighted by Gasteiger charge is -2.34. The van der Waals surface area contributed by atoms with Crippen LogP contribution in [0.4, 0.5) is 30.2 Å². The zero-order valence-corrected chi connectivity index (χ0v) is 10.6. The standard InChI is InChI=1S/C12H14F3N3O2/c13-12(14,15)8-4-6-17(7-5-8)10-3-1-2-9(16)11(10)18(19)20/h1-3,8H,4-7,16H2. The summed E-state index contributed by atoms with van der Waals surface area (Å²) < 4.78 is 37.8. The second-order valence-corrected chi connectivity index (χ2v) is 4.78. The first-order chi connectivity index (χ1) is 9.30. The summed E-state index contributed by atoms with van der Waals surface area (Å²) in [5.41, 5.74) is 5.65. The van der Waals surface area contributed by atoms with Crippen molar-refractivity contribution in [1.82, 2.24) is 0 Å². The van der Waals surface area contributed by atoms with Crippen LogP contribution in [0.15, 0.2) is 18.2 Å². The molecule has 2 rings (SSSR count). The fourth-order valence-electron chi connectivity index (χ4n) is 2.45. The Hall–Kier alpha value is -1.99. The van der Waals surface area contributed by atoms with Gasteiger partial charge >= 0.3 is 11.9 Å². The maximum Gasteiger partial charge on any atom is 0.391 e. The molecular weight excluding hydrogens is 275 g/mol. The SMILES string of the molecule is Nc1cccc(N2CCC(C(F)(F)F)CC2)c1[N+](=O)[O-]. The van der Waals surface area contributed by atoms with Crippen molar-refractivity contribution in [3.05, 3.63) is 28.3 Å². The maximum absolute atomic E-state index is 12.6. The van der Waals surface area contributed by atoms with Gasteiger partial charge in [0.1, 0.15) is 11.4 Å². The number of nitrogens with zero attached hydrogens (tertiary/aromatic N) is 2. The summed E-state index contributed by atoms with van der Waals surface area (Å²) in [6.45, 7) is 0.267. The highest BCUT2D eigenvalue weighted by Gasteiger charge is 2.41. The lowest BCUT2D eigenvalue weighted by atomic mass is 9.95. The monoisotopic (exact) mass is 289 g/mol. The van der Waals surface area contributed by atoms with Crippen LogP contribution in [0.1, 0.15) is 12.8 Å². The van der Waals surface area contributed by atoms with Crippen molar-refractivity contribution >= 4 is 17.1 Å². The van der Waals surface area contributed by atoms with Gasteiger partial charge < -0.3 is 10.6 Å². The van der Waals surface area contributed by atoms with E-state index in [1.54, 1.807) is 11.0 Å². The summed E-state index contributed by atoms with van der Waals surface area (Å²) in [7, 11) is 0. The van der Waals surface area contributed by atoms with E-state index in [0.29, 0.717) is 0 Å². The fourth-order valence-corrected chi connectivity index (χ4v) is 2.45. The molecule has 8 heteroatoms. The zero-order chi connectivity index (χ0) is 14.9. The molecule has 110 valence electrons. The number of nitro groups is 1. The van der Waals surface area contributed by atoms with Gasteiger partial charge in [0.25, 0.3) is 0 Å². The number of hydrogen-bond donors (Lipinski definition) is 1. The quantitative estimate of drug-likeness (QED) is 0.516. The number of para-hydroxylation sites is 1. The minimum absolute atomic E-state index is 0.0189. The van der Waals surface area contributed by atoms with Gasteiger partial charge in [0, 0.05) is 13.1 Å². The molecule has 0 amide bonds. The van der Waals surface area contributed by atoms with Crippen LogP contribution in [0.2, 0.25) is 0 Å². The van der Waals surface area contributed by atoms with Gasteiger partial charge in [0.15, 0.2) is 0 Å². The van der Waals surface area contributed by atoms with Gasteiger partial charge in [-0.1, -0.05) is 6.07 Å². The molecule has 1 aromatic carbocycles. The first-order valence-corrected chi connectivity index (χ1v) is 6.15. The average molecular weight is 289 g/mol. The van der Waals surface area contributed by atoms with Crippen molar-refractivity contribution in [2.45, 2.75) is 19.0 Å². The topological polar surface area (TPSA) is 72.4 Å². The third-order valence-corrected chi connectivity index (χ3v) is 3.53. The summed E-state index contributed by atoms with van der Waals surface area (Å²) >= 11 is 0. The lowest BCUT2D eigenvalue weighted by Crippen LogP contribution is -2.39. The van der Waals surface area contributed by atoms with Crippen LogP contribution >= 0.6 is 0 Å². The number of halogens is 3. The molecule has 1 heterocycles. The zero-order valence-electron chi connectivity index (χ0n) is 10.6. The van der Waals surface area contributed by atoms with E-state index in [9.17, 15) is 23.3 Å². The van der Waals surface area contributed by atoms with Gasteiger partial charge in [0.05, 0.1) is 10.8 Å². The molecule has 0 unspecified atom stereocenters. The van der Waals surface area contributed by atoms with E-state index in [1.165, 1.54) is 12.1 Å². The van der Waals surface area contributed by atoms with Crippen molar-refractivity contribution in [3.8, 4) is 0 Å². The largest absolute Gasteiger partial charge is 0.393 e. The minimum Gasteiger partial charge on any atom is -0.393 e. The summed E-state index contributed by atoms with van der Waals surface area (Å²) in [5, 5.41) is 11.0. The summed E-state index contributed by atoms with van der Waals surface area (Å²) in [6, 6.07) is 4.49. The number of benzene rings is 1.